The van der Waals surface area contributed by atoms with E-state index in [1.165, 1.54) is 6.20 Å². The first kappa shape index (κ1) is 12.9. The first-order valence-electron chi connectivity index (χ1n) is 6.39. The third-order valence-electron chi connectivity index (χ3n) is 3.44. The quantitative estimate of drug-likeness (QED) is 0.777. The van der Waals surface area contributed by atoms with E-state index in [-0.39, 0.29) is 12.1 Å². The number of imidazole rings is 1. The summed E-state index contributed by atoms with van der Waals surface area (Å²) in [5.74, 6) is 0. The summed E-state index contributed by atoms with van der Waals surface area (Å²) in [4.78, 5) is 8.29. The van der Waals surface area contributed by atoms with Crippen LogP contribution in [0.5, 0.6) is 6.01 Å². The highest BCUT2D eigenvalue weighted by molar-refractivity contribution is 6.34. The number of aromatic hydroxyl groups is 1. The van der Waals surface area contributed by atoms with Gasteiger partial charge in [-0.25, -0.2) is 4.98 Å². The highest BCUT2D eigenvalue weighted by atomic mass is 35.5. The number of hydrogen-bond donors (Lipinski definition) is 2. The Balaban J connectivity index is 2.41. The first-order chi connectivity index (χ1) is 9.63. The minimum atomic E-state index is -0.0547. The van der Waals surface area contributed by atoms with Gasteiger partial charge in [0.25, 0.3) is 6.01 Å². The number of nitrogens with zero attached hydrogens (tertiary/aromatic N) is 4. The molecule has 2 N–H and O–H groups in total. The maximum Gasteiger partial charge on any atom is 0.296 e. The molecule has 20 heavy (non-hydrogen) atoms. The second-order valence-electron chi connectivity index (χ2n) is 4.65. The number of halogens is 1. The van der Waals surface area contributed by atoms with E-state index in [1.807, 2.05) is 19.9 Å². The number of pyridine rings is 1. The monoisotopic (exact) mass is 291 g/mol. The van der Waals surface area contributed by atoms with Crippen LogP contribution in [0.15, 0.2) is 18.5 Å². The largest absolute Gasteiger partial charge is 0.480 e. The Morgan fingerprint density at radius 3 is 2.95 bits per heavy atom. The number of aromatic amines is 1. The fourth-order valence-electron chi connectivity index (χ4n) is 2.27. The van der Waals surface area contributed by atoms with Crippen LogP contribution in [0.1, 0.15) is 26.3 Å². The summed E-state index contributed by atoms with van der Waals surface area (Å²) < 4.78 is 1.75. The fourth-order valence-corrected chi connectivity index (χ4v) is 2.51. The van der Waals surface area contributed by atoms with Crippen molar-refractivity contribution in [1.82, 2.24) is 24.7 Å². The Morgan fingerprint density at radius 2 is 2.30 bits per heavy atom. The summed E-state index contributed by atoms with van der Waals surface area (Å²) in [6.45, 7) is 4.05. The molecule has 0 unspecified atom stereocenters. The average molecular weight is 292 g/mol. The maximum atomic E-state index is 10.1. The number of nitrogens with one attached hydrogen (secondary N) is 1. The fraction of sp³-hybridized carbons (Fsp3) is 0.308. The van der Waals surface area contributed by atoms with Gasteiger partial charge in [-0.2, -0.15) is 10.1 Å². The number of hydrogen-bond acceptors (Lipinski definition) is 4. The van der Waals surface area contributed by atoms with Gasteiger partial charge in [0.1, 0.15) is 5.52 Å². The van der Waals surface area contributed by atoms with Crippen LogP contribution in [0.3, 0.4) is 0 Å². The molecule has 0 saturated heterocycles. The zero-order valence-electron chi connectivity index (χ0n) is 11.1. The van der Waals surface area contributed by atoms with Crippen molar-refractivity contribution in [1.29, 1.82) is 0 Å². The van der Waals surface area contributed by atoms with Crippen molar-refractivity contribution in [2.45, 2.75) is 26.3 Å². The third kappa shape index (κ3) is 1.84. The molecule has 0 fully saturated rings. The summed E-state index contributed by atoms with van der Waals surface area (Å²) >= 11 is 6.28. The molecule has 3 heterocycles. The molecule has 3 aromatic rings. The van der Waals surface area contributed by atoms with Crippen LogP contribution in [0, 0.1) is 0 Å². The average Bonchev–Trinajstić information content (AvgIpc) is 3.05. The number of aromatic nitrogens is 5. The Morgan fingerprint density at radius 1 is 1.50 bits per heavy atom. The lowest BCUT2D eigenvalue weighted by atomic mass is 10.1. The van der Waals surface area contributed by atoms with Gasteiger partial charge < -0.3 is 5.11 Å². The molecule has 3 rings (SSSR count). The van der Waals surface area contributed by atoms with Gasteiger partial charge in [-0.15, -0.1) is 0 Å². The standard InChI is InChI=1S/C13H14ClN5O/c1-3-7(2)19-11-10(9-4-5-16-18-9)8(14)6-15-12(11)17-13(19)20/h4-7H,3H2,1-2H3,(H,16,18)(H,15,17,20)/t7-/m0/s1. The predicted octanol–water partition coefficient (Wildman–Crippen LogP) is 3.15. The van der Waals surface area contributed by atoms with Gasteiger partial charge in [0.05, 0.1) is 10.7 Å². The molecular formula is C13H14ClN5O. The smallest absolute Gasteiger partial charge is 0.296 e. The molecule has 104 valence electrons. The van der Waals surface area contributed by atoms with Crippen LogP contribution in [0.4, 0.5) is 0 Å². The zero-order chi connectivity index (χ0) is 14.3. The molecule has 0 aromatic carbocycles. The van der Waals surface area contributed by atoms with Gasteiger partial charge in [0, 0.05) is 24.0 Å². The van der Waals surface area contributed by atoms with Crippen LogP contribution in [0.2, 0.25) is 5.02 Å². The topological polar surface area (TPSA) is 79.6 Å². The van der Waals surface area contributed by atoms with Crippen molar-refractivity contribution in [2.24, 2.45) is 0 Å². The molecule has 0 amide bonds. The van der Waals surface area contributed by atoms with Gasteiger partial charge in [-0.3, -0.25) is 9.67 Å². The van der Waals surface area contributed by atoms with Crippen LogP contribution in [-0.4, -0.2) is 29.8 Å². The predicted molar refractivity (Wildman–Crippen MR) is 76.8 cm³/mol. The Kier molecular flexibility index (Phi) is 3.10. The van der Waals surface area contributed by atoms with E-state index in [9.17, 15) is 5.11 Å². The SMILES string of the molecule is CC[C@H](C)n1c(O)nc2ncc(Cl)c(-c3cc[nH]n3)c21. The number of H-pyrrole nitrogens is 1. The maximum absolute atomic E-state index is 10.1. The summed E-state index contributed by atoms with van der Waals surface area (Å²) in [5.41, 5.74) is 2.60. The molecule has 3 aromatic heterocycles. The molecule has 0 aliphatic carbocycles. The van der Waals surface area contributed by atoms with Gasteiger partial charge in [0.15, 0.2) is 5.65 Å². The molecule has 0 aliphatic heterocycles. The third-order valence-corrected chi connectivity index (χ3v) is 3.72. The highest BCUT2D eigenvalue weighted by Gasteiger charge is 2.21. The van der Waals surface area contributed by atoms with E-state index in [0.29, 0.717) is 21.9 Å². The Labute approximate surface area is 120 Å². The van der Waals surface area contributed by atoms with E-state index in [2.05, 4.69) is 20.2 Å². The van der Waals surface area contributed by atoms with Gasteiger partial charge in [0.2, 0.25) is 0 Å². The number of rotatable bonds is 3. The molecule has 7 heteroatoms. The van der Waals surface area contributed by atoms with Gasteiger partial charge in [-0.05, 0) is 19.4 Å². The summed E-state index contributed by atoms with van der Waals surface area (Å²) in [6, 6.07) is 1.85. The van der Waals surface area contributed by atoms with Crippen LogP contribution in [-0.2, 0) is 0 Å². The van der Waals surface area contributed by atoms with Crippen molar-refractivity contribution in [3.8, 4) is 17.3 Å². The summed E-state index contributed by atoms with van der Waals surface area (Å²) in [6.07, 6.45) is 4.11. The van der Waals surface area contributed by atoms with Crippen molar-refractivity contribution in [3.05, 3.63) is 23.5 Å². The van der Waals surface area contributed by atoms with Crippen LogP contribution >= 0.6 is 11.6 Å². The molecule has 6 nitrogen and oxygen atoms in total. The van der Waals surface area contributed by atoms with E-state index >= 15 is 0 Å². The molecule has 0 aliphatic rings. The zero-order valence-corrected chi connectivity index (χ0v) is 11.9. The lowest BCUT2D eigenvalue weighted by molar-refractivity contribution is 0.377. The van der Waals surface area contributed by atoms with Crippen molar-refractivity contribution in [2.75, 3.05) is 0 Å². The van der Waals surface area contributed by atoms with Gasteiger partial charge in [-0.1, -0.05) is 18.5 Å². The van der Waals surface area contributed by atoms with Crippen molar-refractivity contribution in [3.63, 3.8) is 0 Å². The van der Waals surface area contributed by atoms with Crippen molar-refractivity contribution >= 4 is 22.8 Å². The lowest BCUT2D eigenvalue weighted by Crippen LogP contribution is -2.04. The molecule has 0 saturated carbocycles. The van der Waals surface area contributed by atoms with Crippen LogP contribution in [0.25, 0.3) is 22.4 Å². The molecule has 1 atom stereocenters. The molecule has 0 radical (unpaired) electrons. The minimum Gasteiger partial charge on any atom is -0.480 e. The van der Waals surface area contributed by atoms with E-state index in [1.54, 1.807) is 10.8 Å². The second-order valence-corrected chi connectivity index (χ2v) is 5.06. The Hall–Kier alpha value is -2.08. The summed E-state index contributed by atoms with van der Waals surface area (Å²) in [7, 11) is 0. The van der Waals surface area contributed by atoms with Crippen molar-refractivity contribution < 1.29 is 5.11 Å². The Bertz CT molecular complexity index is 750. The molecule has 0 bridgehead atoms. The molecular weight excluding hydrogens is 278 g/mol. The van der Waals surface area contributed by atoms with Gasteiger partial charge >= 0.3 is 0 Å². The number of fused-ring (bicyclic) bond motifs is 1. The van der Waals surface area contributed by atoms with Crippen LogP contribution < -0.4 is 0 Å². The highest BCUT2D eigenvalue weighted by Crippen LogP contribution is 2.36. The lowest BCUT2D eigenvalue weighted by Gasteiger charge is -2.14. The molecule has 0 spiro atoms. The van der Waals surface area contributed by atoms with E-state index in [0.717, 1.165) is 12.0 Å². The van der Waals surface area contributed by atoms with E-state index in [4.69, 9.17) is 11.6 Å². The normalized spacial score (nSPS) is 12.9. The minimum absolute atomic E-state index is 0.0547. The van der Waals surface area contributed by atoms with E-state index < -0.39 is 0 Å². The summed E-state index contributed by atoms with van der Waals surface area (Å²) in [5, 5.41) is 17.5. The second kappa shape index (κ2) is 4.79. The first-order valence-corrected chi connectivity index (χ1v) is 6.76.